The minimum atomic E-state index is 0.263. The largest absolute Gasteiger partial charge is 0.363 e. The van der Waals surface area contributed by atoms with Crippen LogP contribution in [0.1, 0.15) is 25.3 Å². The zero-order valence-electron chi connectivity index (χ0n) is 10.5. The third kappa shape index (κ3) is 2.68. The van der Waals surface area contributed by atoms with Crippen molar-refractivity contribution in [2.75, 3.05) is 23.7 Å². The lowest BCUT2D eigenvalue weighted by Gasteiger charge is -2.29. The molecule has 1 heterocycles. The van der Waals surface area contributed by atoms with Crippen LogP contribution in [0.4, 0.5) is 5.69 Å². The van der Waals surface area contributed by atoms with Gasteiger partial charge in [-0.3, -0.25) is 4.79 Å². The zero-order chi connectivity index (χ0) is 13.0. The van der Waals surface area contributed by atoms with Crippen molar-refractivity contribution in [3.63, 3.8) is 0 Å². The van der Waals surface area contributed by atoms with Crippen LogP contribution >= 0.6 is 11.8 Å². The van der Waals surface area contributed by atoms with Gasteiger partial charge in [-0.25, -0.2) is 0 Å². The van der Waals surface area contributed by atoms with Crippen LogP contribution in [-0.4, -0.2) is 24.6 Å². The van der Waals surface area contributed by atoms with Gasteiger partial charge in [0.15, 0.2) is 5.78 Å². The van der Waals surface area contributed by atoms with E-state index in [-0.39, 0.29) is 5.78 Å². The molecule has 0 unspecified atom stereocenters. The van der Waals surface area contributed by atoms with Gasteiger partial charge in [0.25, 0.3) is 0 Å². The van der Waals surface area contributed by atoms with Crippen molar-refractivity contribution in [1.29, 1.82) is 5.26 Å². The van der Waals surface area contributed by atoms with E-state index in [1.807, 2.05) is 23.1 Å². The monoisotopic (exact) mass is 260 g/mol. The van der Waals surface area contributed by atoms with Gasteiger partial charge < -0.3 is 4.90 Å². The van der Waals surface area contributed by atoms with Gasteiger partial charge in [-0.2, -0.15) is 5.26 Å². The van der Waals surface area contributed by atoms with Crippen molar-refractivity contribution in [2.24, 2.45) is 0 Å². The molecule has 94 valence electrons. The van der Waals surface area contributed by atoms with Gasteiger partial charge in [0.1, 0.15) is 6.07 Å². The summed E-state index contributed by atoms with van der Waals surface area (Å²) in [6, 6.07) is 8.17. The molecule has 0 atom stereocenters. The van der Waals surface area contributed by atoms with Gasteiger partial charge in [0.2, 0.25) is 0 Å². The molecule has 0 spiro atoms. The summed E-state index contributed by atoms with van der Waals surface area (Å²) in [5.41, 5.74) is 1.61. The first-order valence-electron chi connectivity index (χ1n) is 6.18. The van der Waals surface area contributed by atoms with Gasteiger partial charge >= 0.3 is 0 Å². The molecular formula is C14H16N2OS. The Kier molecular flexibility index (Phi) is 4.27. The van der Waals surface area contributed by atoms with Crippen LogP contribution in [0.25, 0.3) is 0 Å². The first kappa shape index (κ1) is 13.0. The number of benzene rings is 1. The first-order valence-corrected chi connectivity index (χ1v) is 7.17. The molecule has 3 nitrogen and oxygen atoms in total. The Bertz CT molecular complexity index is 493. The molecule has 0 saturated carbocycles. The molecule has 0 amide bonds. The number of nitriles is 1. The highest BCUT2D eigenvalue weighted by Crippen LogP contribution is 2.31. The second-order valence-electron chi connectivity index (χ2n) is 4.26. The Balaban J connectivity index is 2.35. The summed E-state index contributed by atoms with van der Waals surface area (Å²) in [6.45, 7) is 3.37. The van der Waals surface area contributed by atoms with Crippen LogP contribution in [0.5, 0.6) is 0 Å². The van der Waals surface area contributed by atoms with E-state index in [9.17, 15) is 10.1 Å². The minimum Gasteiger partial charge on any atom is -0.363 e. The van der Waals surface area contributed by atoms with E-state index < -0.39 is 0 Å². The predicted molar refractivity (Wildman–Crippen MR) is 74.0 cm³/mol. The van der Waals surface area contributed by atoms with E-state index in [4.69, 9.17) is 0 Å². The Labute approximate surface area is 112 Å². The van der Waals surface area contributed by atoms with Crippen LogP contribution < -0.4 is 4.90 Å². The SMILES string of the molecule is CCSc1cccc(N2CCCC(=O)C2)c1C#N. The van der Waals surface area contributed by atoms with E-state index in [1.54, 1.807) is 11.8 Å². The Morgan fingerprint density at radius 1 is 1.50 bits per heavy atom. The fraction of sp³-hybridized carbons (Fsp3) is 0.429. The molecule has 1 fully saturated rings. The summed E-state index contributed by atoms with van der Waals surface area (Å²) >= 11 is 1.67. The van der Waals surface area contributed by atoms with Crippen molar-refractivity contribution in [3.05, 3.63) is 23.8 Å². The van der Waals surface area contributed by atoms with Gasteiger partial charge in [-0.15, -0.1) is 11.8 Å². The number of Topliss-reactive ketones (excluding diaryl/α,β-unsaturated/α-hetero) is 1. The smallest absolute Gasteiger partial charge is 0.152 e. The topological polar surface area (TPSA) is 44.1 Å². The molecule has 0 aromatic heterocycles. The average molecular weight is 260 g/mol. The van der Waals surface area contributed by atoms with E-state index in [1.165, 1.54) is 0 Å². The van der Waals surface area contributed by atoms with Crippen LogP contribution in [0.2, 0.25) is 0 Å². The predicted octanol–water partition coefficient (Wildman–Crippen LogP) is 2.84. The van der Waals surface area contributed by atoms with Crippen LogP contribution in [-0.2, 0) is 4.79 Å². The molecule has 18 heavy (non-hydrogen) atoms. The summed E-state index contributed by atoms with van der Waals surface area (Å²) in [4.78, 5) is 14.6. The summed E-state index contributed by atoms with van der Waals surface area (Å²) in [6.07, 6.45) is 1.55. The van der Waals surface area contributed by atoms with E-state index >= 15 is 0 Å². The molecule has 0 aliphatic carbocycles. The quantitative estimate of drug-likeness (QED) is 0.784. The van der Waals surface area contributed by atoms with Crippen molar-refractivity contribution < 1.29 is 4.79 Å². The molecule has 0 radical (unpaired) electrons. The molecule has 1 saturated heterocycles. The maximum atomic E-state index is 11.5. The maximum Gasteiger partial charge on any atom is 0.152 e. The van der Waals surface area contributed by atoms with Crippen LogP contribution in [0, 0.1) is 11.3 Å². The van der Waals surface area contributed by atoms with Crippen molar-refractivity contribution >= 4 is 23.2 Å². The highest BCUT2D eigenvalue weighted by Gasteiger charge is 2.20. The fourth-order valence-corrected chi connectivity index (χ4v) is 3.00. The minimum absolute atomic E-state index is 0.263. The van der Waals surface area contributed by atoms with Crippen molar-refractivity contribution in [2.45, 2.75) is 24.7 Å². The van der Waals surface area contributed by atoms with Crippen LogP contribution in [0.15, 0.2) is 23.1 Å². The second kappa shape index (κ2) is 5.92. The summed E-state index contributed by atoms with van der Waals surface area (Å²) in [5, 5.41) is 9.35. The van der Waals surface area contributed by atoms with E-state index in [0.29, 0.717) is 18.5 Å². The van der Waals surface area contributed by atoms with Crippen molar-refractivity contribution in [3.8, 4) is 6.07 Å². The number of carbonyl (C=O) groups is 1. The summed E-state index contributed by atoms with van der Waals surface area (Å²) in [5.74, 6) is 1.20. The van der Waals surface area contributed by atoms with Gasteiger partial charge in [0, 0.05) is 17.9 Å². The number of piperidine rings is 1. The van der Waals surface area contributed by atoms with Crippen molar-refractivity contribution in [1.82, 2.24) is 0 Å². The molecular weight excluding hydrogens is 244 g/mol. The second-order valence-corrected chi connectivity index (χ2v) is 5.56. The average Bonchev–Trinajstić information content (AvgIpc) is 2.39. The standard InChI is InChI=1S/C14H16N2OS/c1-2-18-14-7-3-6-13(12(14)9-15)16-8-4-5-11(17)10-16/h3,6-7H,2,4-5,8,10H2,1H3. The first-order chi connectivity index (χ1) is 8.76. The van der Waals surface area contributed by atoms with E-state index in [2.05, 4.69) is 13.0 Å². The number of hydrogen-bond acceptors (Lipinski definition) is 4. The normalized spacial score (nSPS) is 15.6. The lowest BCUT2D eigenvalue weighted by Crippen LogP contribution is -2.36. The Hall–Kier alpha value is -1.47. The molecule has 1 aromatic carbocycles. The molecule has 1 aromatic rings. The third-order valence-corrected chi connectivity index (χ3v) is 3.95. The third-order valence-electron chi connectivity index (χ3n) is 3.01. The summed E-state index contributed by atoms with van der Waals surface area (Å²) < 4.78 is 0. The molecule has 0 N–H and O–H groups in total. The fourth-order valence-electron chi connectivity index (χ4n) is 2.21. The molecule has 1 aliphatic rings. The number of anilines is 1. The highest BCUT2D eigenvalue weighted by atomic mass is 32.2. The molecule has 0 bridgehead atoms. The van der Waals surface area contributed by atoms with Gasteiger partial charge in [-0.05, 0) is 24.3 Å². The van der Waals surface area contributed by atoms with Crippen LogP contribution in [0.3, 0.4) is 0 Å². The number of nitrogens with zero attached hydrogens (tertiary/aromatic N) is 2. The number of carbonyl (C=O) groups excluding carboxylic acids is 1. The number of rotatable bonds is 3. The molecule has 2 rings (SSSR count). The molecule has 1 aliphatic heterocycles. The Morgan fingerprint density at radius 2 is 2.33 bits per heavy atom. The number of thioether (sulfide) groups is 1. The number of ketones is 1. The zero-order valence-corrected chi connectivity index (χ0v) is 11.3. The highest BCUT2D eigenvalue weighted by molar-refractivity contribution is 7.99. The number of hydrogen-bond donors (Lipinski definition) is 0. The maximum absolute atomic E-state index is 11.5. The molecule has 4 heteroatoms. The van der Waals surface area contributed by atoms with E-state index in [0.717, 1.165) is 29.3 Å². The van der Waals surface area contributed by atoms with Gasteiger partial charge in [0.05, 0.1) is 17.8 Å². The Morgan fingerprint density at radius 3 is 3.00 bits per heavy atom. The lowest BCUT2D eigenvalue weighted by atomic mass is 10.1. The summed E-state index contributed by atoms with van der Waals surface area (Å²) in [7, 11) is 0. The van der Waals surface area contributed by atoms with Gasteiger partial charge in [-0.1, -0.05) is 13.0 Å². The lowest BCUT2D eigenvalue weighted by molar-refractivity contribution is -0.118.